The van der Waals surface area contributed by atoms with E-state index < -0.39 is 23.9 Å². The van der Waals surface area contributed by atoms with Crippen molar-refractivity contribution in [1.82, 2.24) is 10.3 Å². The van der Waals surface area contributed by atoms with Gasteiger partial charge < -0.3 is 29.2 Å². The number of aliphatic carboxylic acids is 1. The number of nitrogens with zero attached hydrogens (tertiary/aromatic N) is 2. The van der Waals surface area contributed by atoms with Gasteiger partial charge in [-0.25, -0.2) is 4.39 Å². The number of aromatic nitrogens is 1. The van der Waals surface area contributed by atoms with Crippen molar-refractivity contribution in [3.05, 3.63) is 101 Å². The quantitative estimate of drug-likeness (QED) is 0.201. The van der Waals surface area contributed by atoms with Crippen LogP contribution in [-0.2, 0) is 24.6 Å². The number of fused-ring (bicyclic) bond motifs is 1. The highest BCUT2D eigenvalue weighted by molar-refractivity contribution is 5.78. The molecule has 10 nitrogen and oxygen atoms in total. The predicted molar refractivity (Wildman–Crippen MR) is 162 cm³/mol. The second-order valence-electron chi connectivity index (χ2n) is 10.8. The second-order valence-corrected chi connectivity index (χ2v) is 10.8. The summed E-state index contributed by atoms with van der Waals surface area (Å²) >= 11 is 0. The average molecular weight is 614 g/mol. The number of benzene rings is 3. The number of hydrogen-bond acceptors (Lipinski definition) is 9. The third-order valence-corrected chi connectivity index (χ3v) is 7.57. The largest absolute Gasteiger partial charge is 0.488 e. The van der Waals surface area contributed by atoms with Crippen LogP contribution in [0.15, 0.2) is 67.0 Å². The first-order valence-electron chi connectivity index (χ1n) is 14.2. The molecule has 0 radical (unpaired) electrons. The molecule has 0 saturated carbocycles. The van der Waals surface area contributed by atoms with Gasteiger partial charge in [0.2, 0.25) is 0 Å². The van der Waals surface area contributed by atoms with Gasteiger partial charge in [-0.05, 0) is 60.4 Å². The van der Waals surface area contributed by atoms with Gasteiger partial charge in [0.15, 0.2) is 23.1 Å². The molecule has 45 heavy (non-hydrogen) atoms. The molecule has 1 atom stereocenters. The Bertz CT molecular complexity index is 1760. The Morgan fingerprint density at radius 1 is 1.04 bits per heavy atom. The maximum atomic E-state index is 15.4. The number of ether oxygens (including phenoxy) is 4. The molecule has 0 bridgehead atoms. The van der Waals surface area contributed by atoms with Crippen LogP contribution in [0.2, 0.25) is 0 Å². The molecule has 232 valence electrons. The zero-order valence-corrected chi connectivity index (χ0v) is 24.8. The maximum absolute atomic E-state index is 15.4. The Balaban J connectivity index is 1.39. The van der Waals surface area contributed by atoms with E-state index in [1.54, 1.807) is 12.3 Å². The maximum Gasteiger partial charge on any atom is 0.326 e. The molecule has 1 aliphatic heterocycles. The first-order chi connectivity index (χ1) is 21.7. The summed E-state index contributed by atoms with van der Waals surface area (Å²) in [5, 5.41) is 31.1. The number of aliphatic hydroxyl groups excluding tert-OH is 1. The molecule has 0 spiro atoms. The SMILES string of the molecule is Cc1c(COc2cc(OCc3cncc(C#N)c3)c(CNC(C)(CO)C(=O)O)cc2F)cccc1-c1ccc2c(c1)OCCO2. The summed E-state index contributed by atoms with van der Waals surface area (Å²) in [6.07, 6.45) is 2.97. The summed E-state index contributed by atoms with van der Waals surface area (Å²) in [5.41, 5.74) is 3.33. The van der Waals surface area contributed by atoms with E-state index in [9.17, 15) is 20.3 Å². The van der Waals surface area contributed by atoms with Gasteiger partial charge in [-0.3, -0.25) is 15.1 Å². The number of carboxylic acid groups (broad SMARTS) is 1. The smallest absolute Gasteiger partial charge is 0.326 e. The molecular weight excluding hydrogens is 581 g/mol. The number of nitriles is 1. The van der Waals surface area contributed by atoms with E-state index in [2.05, 4.69) is 10.3 Å². The van der Waals surface area contributed by atoms with Gasteiger partial charge >= 0.3 is 5.97 Å². The van der Waals surface area contributed by atoms with Gasteiger partial charge in [0.05, 0.1) is 12.2 Å². The normalized spacial score (nSPS) is 13.4. The molecule has 0 aliphatic carbocycles. The fourth-order valence-corrected chi connectivity index (χ4v) is 4.76. The zero-order chi connectivity index (χ0) is 32.0. The lowest BCUT2D eigenvalue weighted by Crippen LogP contribution is -2.52. The lowest BCUT2D eigenvalue weighted by Gasteiger charge is -2.24. The molecule has 2 heterocycles. The molecule has 3 aromatic carbocycles. The van der Waals surface area contributed by atoms with E-state index >= 15 is 4.39 Å². The van der Waals surface area contributed by atoms with Crippen LogP contribution in [0.4, 0.5) is 4.39 Å². The Morgan fingerprint density at radius 2 is 1.82 bits per heavy atom. The Labute approximate surface area is 259 Å². The number of pyridine rings is 1. The molecule has 4 aromatic rings. The van der Waals surface area contributed by atoms with Gasteiger partial charge in [0.25, 0.3) is 0 Å². The Hall–Kier alpha value is -5.18. The summed E-state index contributed by atoms with van der Waals surface area (Å²) in [5.74, 6) is -0.386. The van der Waals surface area contributed by atoms with Crippen LogP contribution in [0.5, 0.6) is 23.0 Å². The van der Waals surface area contributed by atoms with E-state index in [1.807, 2.05) is 49.4 Å². The van der Waals surface area contributed by atoms with Gasteiger partial charge in [-0.2, -0.15) is 5.26 Å². The number of rotatable bonds is 12. The summed E-state index contributed by atoms with van der Waals surface area (Å²) in [6, 6.07) is 17.8. The van der Waals surface area contributed by atoms with Crippen LogP contribution in [0.25, 0.3) is 11.1 Å². The zero-order valence-electron chi connectivity index (χ0n) is 24.8. The molecule has 3 N–H and O–H groups in total. The number of aliphatic hydroxyl groups is 1. The van der Waals surface area contributed by atoms with E-state index in [4.69, 9.17) is 18.9 Å². The second kappa shape index (κ2) is 13.6. The number of carboxylic acids is 1. The molecule has 5 rings (SSSR count). The van der Waals surface area contributed by atoms with Crippen molar-refractivity contribution in [2.45, 2.75) is 39.1 Å². The van der Waals surface area contributed by atoms with Crippen molar-refractivity contribution in [3.63, 3.8) is 0 Å². The molecule has 1 aliphatic rings. The van der Waals surface area contributed by atoms with Crippen molar-refractivity contribution in [3.8, 4) is 40.2 Å². The van der Waals surface area contributed by atoms with E-state index in [1.165, 1.54) is 25.3 Å². The Kier molecular flexibility index (Phi) is 9.47. The van der Waals surface area contributed by atoms with Crippen LogP contribution in [-0.4, -0.2) is 46.5 Å². The highest BCUT2D eigenvalue weighted by atomic mass is 19.1. The summed E-state index contributed by atoms with van der Waals surface area (Å²) < 4.78 is 38.8. The van der Waals surface area contributed by atoms with Crippen molar-refractivity contribution < 1.29 is 38.3 Å². The predicted octanol–water partition coefficient (Wildman–Crippen LogP) is 4.92. The van der Waals surface area contributed by atoms with Gasteiger partial charge in [-0.15, -0.1) is 0 Å². The van der Waals surface area contributed by atoms with E-state index in [0.717, 1.165) is 22.3 Å². The minimum Gasteiger partial charge on any atom is -0.488 e. The lowest BCUT2D eigenvalue weighted by atomic mass is 9.96. The van der Waals surface area contributed by atoms with Crippen molar-refractivity contribution in [1.29, 1.82) is 5.26 Å². The average Bonchev–Trinajstić information content (AvgIpc) is 3.06. The van der Waals surface area contributed by atoms with Crippen LogP contribution in [0, 0.1) is 24.1 Å². The van der Waals surface area contributed by atoms with Crippen LogP contribution in [0.1, 0.15) is 34.7 Å². The summed E-state index contributed by atoms with van der Waals surface area (Å²) in [6.45, 7) is 3.55. The highest BCUT2D eigenvalue weighted by Crippen LogP contribution is 2.36. The van der Waals surface area contributed by atoms with Gasteiger partial charge in [0, 0.05) is 36.1 Å². The summed E-state index contributed by atoms with van der Waals surface area (Å²) in [7, 11) is 0. The number of hydrogen-bond donors (Lipinski definition) is 3. The van der Waals surface area contributed by atoms with Crippen molar-refractivity contribution in [2.75, 3.05) is 19.8 Å². The van der Waals surface area contributed by atoms with Crippen LogP contribution >= 0.6 is 0 Å². The molecule has 0 amide bonds. The first-order valence-corrected chi connectivity index (χ1v) is 14.2. The molecule has 0 fully saturated rings. The van der Waals surface area contributed by atoms with Crippen LogP contribution in [0.3, 0.4) is 0 Å². The van der Waals surface area contributed by atoms with E-state index in [0.29, 0.717) is 41.4 Å². The van der Waals surface area contributed by atoms with Crippen molar-refractivity contribution >= 4 is 5.97 Å². The highest BCUT2D eigenvalue weighted by Gasteiger charge is 2.32. The standard InChI is InChI=1S/C34H32FN3O7/c1-21-25(4-3-5-27(21)24-6-7-29-32(12-24)43-9-8-42-29)19-45-31-13-30(44-18-23-10-22(14-36)15-37-16-23)26(11-28(31)35)17-38-34(2,20-39)33(40)41/h3-7,10-13,15-16,38-39H,8-9,17-20H2,1-2H3,(H,40,41). The fourth-order valence-electron chi connectivity index (χ4n) is 4.76. The van der Waals surface area contributed by atoms with Gasteiger partial charge in [-0.1, -0.05) is 24.3 Å². The Morgan fingerprint density at radius 3 is 2.58 bits per heavy atom. The molecule has 11 heteroatoms. The third-order valence-electron chi connectivity index (χ3n) is 7.57. The minimum atomic E-state index is -1.66. The first kappa shape index (κ1) is 31.3. The number of nitrogens with one attached hydrogen (secondary N) is 1. The fraction of sp³-hybridized carbons (Fsp3) is 0.265. The molecular formula is C34H32FN3O7. The third kappa shape index (κ3) is 7.15. The van der Waals surface area contributed by atoms with Crippen molar-refractivity contribution in [2.24, 2.45) is 0 Å². The minimum absolute atomic E-state index is 0.00742. The molecule has 0 saturated heterocycles. The van der Waals surface area contributed by atoms with Crippen LogP contribution < -0.4 is 24.3 Å². The van der Waals surface area contributed by atoms with Gasteiger partial charge in [0.1, 0.15) is 43.8 Å². The summed E-state index contributed by atoms with van der Waals surface area (Å²) in [4.78, 5) is 15.7. The molecule has 1 aromatic heterocycles. The number of carbonyl (C=O) groups is 1. The van der Waals surface area contributed by atoms with E-state index in [-0.39, 0.29) is 31.3 Å². The topological polar surface area (TPSA) is 143 Å². The number of halogens is 1. The molecule has 1 unspecified atom stereocenters. The lowest BCUT2D eigenvalue weighted by molar-refractivity contribution is -0.145. The monoisotopic (exact) mass is 613 g/mol.